The van der Waals surface area contributed by atoms with Crippen molar-refractivity contribution in [2.45, 2.75) is 11.0 Å². The van der Waals surface area contributed by atoms with Gasteiger partial charge in [-0.05, 0) is 6.42 Å². The summed E-state index contributed by atoms with van der Waals surface area (Å²) in [7, 11) is 0. The molecule has 2 aliphatic heterocycles. The molecule has 1 nitrogen and oxygen atoms in total. The van der Waals surface area contributed by atoms with Gasteiger partial charge in [-0.2, -0.15) is 0 Å². The average molecular weight is 176 g/mol. The number of hydrogen-bond donors (Lipinski definition) is 0. The van der Waals surface area contributed by atoms with Gasteiger partial charge in [0.15, 0.2) is 0 Å². The summed E-state index contributed by atoms with van der Waals surface area (Å²) >= 11 is 4.25. The lowest BCUT2D eigenvalue weighted by Crippen LogP contribution is -2.10. The van der Waals surface area contributed by atoms with Gasteiger partial charge in [0.2, 0.25) is 0 Å². The molecule has 2 rings (SSSR count). The van der Waals surface area contributed by atoms with Crippen LogP contribution in [0.5, 0.6) is 0 Å². The van der Waals surface area contributed by atoms with Crippen molar-refractivity contribution in [1.82, 2.24) is 0 Å². The van der Waals surface area contributed by atoms with Crippen LogP contribution in [0, 0.1) is 5.92 Å². The Hall–Kier alpha value is 0.660. The number of hydrogen-bond acceptors (Lipinski definition) is 3. The van der Waals surface area contributed by atoms with Crippen molar-refractivity contribution in [3.05, 3.63) is 0 Å². The molecule has 0 aromatic heterocycles. The molecule has 2 fully saturated rings. The van der Waals surface area contributed by atoms with Gasteiger partial charge in [-0.15, -0.1) is 23.5 Å². The van der Waals surface area contributed by atoms with E-state index in [-0.39, 0.29) is 0 Å². The van der Waals surface area contributed by atoms with E-state index in [1.165, 1.54) is 17.9 Å². The maximum Gasteiger partial charge on any atom is 0.0554 e. The molecule has 1 atom stereocenters. The molecular formula is C7H12OS2. The van der Waals surface area contributed by atoms with Crippen LogP contribution in [-0.4, -0.2) is 29.3 Å². The topological polar surface area (TPSA) is 9.23 Å². The molecular weight excluding hydrogens is 164 g/mol. The maximum absolute atomic E-state index is 5.34. The zero-order chi connectivity index (χ0) is 6.81. The van der Waals surface area contributed by atoms with E-state index >= 15 is 0 Å². The smallest absolute Gasteiger partial charge is 0.0554 e. The van der Waals surface area contributed by atoms with Gasteiger partial charge in [0, 0.05) is 24.0 Å². The van der Waals surface area contributed by atoms with Crippen molar-refractivity contribution in [1.29, 1.82) is 0 Å². The Morgan fingerprint density at radius 3 is 2.60 bits per heavy atom. The first-order chi connectivity index (χ1) is 4.97. The van der Waals surface area contributed by atoms with Crippen molar-refractivity contribution in [3.63, 3.8) is 0 Å². The molecule has 0 amide bonds. The fraction of sp³-hybridized carbons (Fsp3) is 1.00. The van der Waals surface area contributed by atoms with Gasteiger partial charge in [0.25, 0.3) is 0 Å². The molecule has 0 aromatic carbocycles. The normalized spacial score (nSPS) is 35.4. The molecule has 1 unspecified atom stereocenters. The summed E-state index contributed by atoms with van der Waals surface area (Å²) in [6.45, 7) is 2.02. The Morgan fingerprint density at radius 2 is 2.00 bits per heavy atom. The zero-order valence-electron chi connectivity index (χ0n) is 5.91. The van der Waals surface area contributed by atoms with Crippen LogP contribution in [0.2, 0.25) is 0 Å². The summed E-state index contributed by atoms with van der Waals surface area (Å²) in [5.74, 6) is 3.56. The Morgan fingerprint density at radius 1 is 1.20 bits per heavy atom. The molecule has 58 valence electrons. The number of ether oxygens (including phenoxy) is 1. The van der Waals surface area contributed by atoms with Gasteiger partial charge in [-0.1, -0.05) is 0 Å². The van der Waals surface area contributed by atoms with Crippen molar-refractivity contribution in [3.8, 4) is 0 Å². The Bertz CT molecular complexity index is 92.2. The van der Waals surface area contributed by atoms with Crippen LogP contribution >= 0.6 is 23.5 Å². The third-order valence-corrected chi connectivity index (χ3v) is 5.38. The Labute approximate surface area is 70.3 Å². The van der Waals surface area contributed by atoms with E-state index in [9.17, 15) is 0 Å². The van der Waals surface area contributed by atoms with E-state index in [0.29, 0.717) is 0 Å². The second kappa shape index (κ2) is 3.37. The Balaban J connectivity index is 1.85. The molecule has 0 aromatic rings. The molecule has 10 heavy (non-hydrogen) atoms. The molecule has 0 radical (unpaired) electrons. The zero-order valence-corrected chi connectivity index (χ0v) is 7.55. The van der Waals surface area contributed by atoms with Crippen molar-refractivity contribution in [2.24, 2.45) is 5.92 Å². The molecule has 2 aliphatic rings. The quantitative estimate of drug-likeness (QED) is 0.603. The van der Waals surface area contributed by atoms with E-state index in [2.05, 4.69) is 23.5 Å². The van der Waals surface area contributed by atoms with E-state index < -0.39 is 0 Å². The third-order valence-electron chi connectivity index (χ3n) is 2.00. The summed E-state index contributed by atoms with van der Waals surface area (Å²) in [6, 6.07) is 0. The molecule has 3 heteroatoms. The highest BCUT2D eigenvalue weighted by molar-refractivity contribution is 8.20. The molecule has 2 saturated heterocycles. The van der Waals surface area contributed by atoms with Gasteiger partial charge in [0.1, 0.15) is 0 Å². The maximum atomic E-state index is 5.34. The summed E-state index contributed by atoms with van der Waals surface area (Å²) in [4.78, 5) is 0. The summed E-state index contributed by atoms with van der Waals surface area (Å²) in [5, 5.41) is 0. The van der Waals surface area contributed by atoms with Gasteiger partial charge >= 0.3 is 0 Å². The minimum atomic E-state index is 0.859. The minimum absolute atomic E-state index is 0.859. The highest BCUT2D eigenvalue weighted by atomic mass is 32.2. The van der Waals surface area contributed by atoms with Crippen molar-refractivity contribution in [2.75, 3.05) is 24.7 Å². The van der Waals surface area contributed by atoms with Crippen LogP contribution in [0.3, 0.4) is 0 Å². The lowest BCUT2D eigenvalue weighted by Gasteiger charge is -2.13. The predicted molar refractivity (Wildman–Crippen MR) is 47.6 cm³/mol. The van der Waals surface area contributed by atoms with Crippen LogP contribution in [-0.2, 0) is 4.74 Å². The molecule has 2 heterocycles. The van der Waals surface area contributed by atoms with Crippen LogP contribution in [0.1, 0.15) is 6.42 Å². The first kappa shape index (κ1) is 7.32. The molecule has 0 bridgehead atoms. The summed E-state index contributed by atoms with van der Waals surface area (Å²) < 4.78 is 6.21. The first-order valence-corrected chi connectivity index (χ1v) is 5.87. The van der Waals surface area contributed by atoms with E-state index in [1.807, 2.05) is 0 Å². The highest BCUT2D eigenvalue weighted by Gasteiger charge is 2.28. The summed E-state index contributed by atoms with van der Waals surface area (Å²) in [5.41, 5.74) is 0. The molecule has 0 saturated carbocycles. The second-order valence-corrected chi connectivity index (χ2v) is 5.53. The fourth-order valence-corrected chi connectivity index (χ4v) is 4.59. The first-order valence-electron chi connectivity index (χ1n) is 3.78. The van der Waals surface area contributed by atoms with E-state index in [1.54, 1.807) is 0 Å². The van der Waals surface area contributed by atoms with Crippen LogP contribution in [0.15, 0.2) is 0 Å². The van der Waals surface area contributed by atoms with Gasteiger partial charge in [0.05, 0.1) is 11.2 Å². The van der Waals surface area contributed by atoms with Crippen LogP contribution in [0.4, 0.5) is 0 Å². The molecule has 0 aliphatic carbocycles. The standard InChI is InChI=1S/C7H12OS2/c1-2-8-5-6(1)7-9-3-4-10-7/h6-7H,1-5H2. The number of thioether (sulfide) groups is 2. The average Bonchev–Trinajstić information content (AvgIpc) is 2.59. The minimum Gasteiger partial charge on any atom is -0.381 e. The largest absolute Gasteiger partial charge is 0.381 e. The highest BCUT2D eigenvalue weighted by Crippen LogP contribution is 2.40. The van der Waals surface area contributed by atoms with Gasteiger partial charge in [-0.3, -0.25) is 0 Å². The van der Waals surface area contributed by atoms with E-state index in [4.69, 9.17) is 4.74 Å². The lowest BCUT2D eigenvalue weighted by atomic mass is 10.2. The monoisotopic (exact) mass is 176 g/mol. The van der Waals surface area contributed by atoms with Crippen molar-refractivity contribution < 1.29 is 4.74 Å². The summed E-state index contributed by atoms with van der Waals surface area (Å²) in [6.07, 6.45) is 1.30. The SMILES string of the molecule is C1CC(C2SCCS2)CO1. The third kappa shape index (κ3) is 1.46. The molecule has 0 spiro atoms. The van der Waals surface area contributed by atoms with Gasteiger partial charge in [-0.25, -0.2) is 0 Å². The lowest BCUT2D eigenvalue weighted by molar-refractivity contribution is 0.188. The van der Waals surface area contributed by atoms with Crippen LogP contribution < -0.4 is 0 Å². The molecule has 0 N–H and O–H groups in total. The van der Waals surface area contributed by atoms with Crippen molar-refractivity contribution >= 4 is 23.5 Å². The second-order valence-electron chi connectivity index (χ2n) is 2.73. The van der Waals surface area contributed by atoms with Crippen LogP contribution in [0.25, 0.3) is 0 Å². The number of rotatable bonds is 1. The fourth-order valence-electron chi connectivity index (χ4n) is 1.42. The van der Waals surface area contributed by atoms with Gasteiger partial charge < -0.3 is 4.74 Å². The van der Waals surface area contributed by atoms with E-state index in [0.717, 1.165) is 23.7 Å². The predicted octanol–water partition coefficient (Wildman–Crippen LogP) is 1.83. The Kier molecular flexibility index (Phi) is 2.47.